The Balaban J connectivity index is 2.46. The molecule has 0 aliphatic carbocycles. The molecule has 0 amide bonds. The van der Waals surface area contributed by atoms with Crippen molar-refractivity contribution in [1.29, 1.82) is 0 Å². The van der Waals surface area contributed by atoms with Gasteiger partial charge in [-0.15, -0.1) is 0 Å². The van der Waals surface area contributed by atoms with E-state index in [1.807, 2.05) is 6.92 Å². The fourth-order valence-corrected chi connectivity index (χ4v) is 2.03. The van der Waals surface area contributed by atoms with Crippen molar-refractivity contribution < 1.29 is 14.3 Å². The van der Waals surface area contributed by atoms with Crippen molar-refractivity contribution >= 4 is 17.6 Å². The van der Waals surface area contributed by atoms with Crippen molar-refractivity contribution in [3.63, 3.8) is 0 Å². The van der Waals surface area contributed by atoms with Crippen LogP contribution in [0.5, 0.6) is 5.75 Å². The molecule has 2 aromatic rings. The second-order valence-corrected chi connectivity index (χ2v) is 4.71. The van der Waals surface area contributed by atoms with Crippen LogP contribution in [0, 0.1) is 0 Å². The zero-order valence-corrected chi connectivity index (χ0v) is 12.9. The van der Waals surface area contributed by atoms with Gasteiger partial charge in [-0.25, -0.2) is 9.78 Å². The maximum Gasteiger partial charge on any atom is 0.345 e. The molecule has 0 radical (unpaired) electrons. The van der Waals surface area contributed by atoms with Gasteiger partial charge in [0.05, 0.1) is 18.8 Å². The van der Waals surface area contributed by atoms with Crippen molar-refractivity contribution in [3.8, 4) is 17.1 Å². The number of hydrogen-bond donors (Lipinski definition) is 1. The first-order chi connectivity index (χ1) is 10.6. The molecular formula is C15H15ClN2O4. The standard InChI is InChI=1S/C15H15ClN2O4/c1-3-21-12-6-5-9(16)7-10(12)13-17-8-11(14(19)18-13)15(20)22-4-2/h5-8H,3-4H2,1-2H3,(H,17,18,19). The summed E-state index contributed by atoms with van der Waals surface area (Å²) < 4.78 is 10.3. The Kier molecular flexibility index (Phi) is 5.16. The monoisotopic (exact) mass is 322 g/mol. The maximum absolute atomic E-state index is 12.0. The molecule has 1 heterocycles. The fraction of sp³-hybridized carbons (Fsp3) is 0.267. The molecule has 6 nitrogen and oxygen atoms in total. The van der Waals surface area contributed by atoms with Gasteiger partial charge in [-0.3, -0.25) is 4.79 Å². The normalized spacial score (nSPS) is 10.3. The lowest BCUT2D eigenvalue weighted by Crippen LogP contribution is -2.21. The highest BCUT2D eigenvalue weighted by Crippen LogP contribution is 2.30. The van der Waals surface area contributed by atoms with Gasteiger partial charge in [-0.05, 0) is 32.0 Å². The first-order valence-electron chi connectivity index (χ1n) is 6.76. The smallest absolute Gasteiger partial charge is 0.345 e. The minimum atomic E-state index is -0.709. The number of benzene rings is 1. The van der Waals surface area contributed by atoms with Gasteiger partial charge in [0.1, 0.15) is 17.1 Å². The fourth-order valence-electron chi connectivity index (χ4n) is 1.85. The van der Waals surface area contributed by atoms with Gasteiger partial charge >= 0.3 is 5.97 Å². The molecule has 0 fully saturated rings. The summed E-state index contributed by atoms with van der Waals surface area (Å²) >= 11 is 5.98. The van der Waals surface area contributed by atoms with E-state index in [0.29, 0.717) is 22.9 Å². The molecule has 0 atom stereocenters. The summed E-state index contributed by atoms with van der Waals surface area (Å²) in [5, 5.41) is 0.482. The largest absolute Gasteiger partial charge is 0.493 e. The first kappa shape index (κ1) is 16.0. The van der Waals surface area contributed by atoms with Gasteiger partial charge in [0.2, 0.25) is 0 Å². The molecule has 0 spiro atoms. The average Bonchev–Trinajstić information content (AvgIpc) is 2.49. The Hall–Kier alpha value is -2.34. The predicted molar refractivity (Wildman–Crippen MR) is 82.4 cm³/mol. The van der Waals surface area contributed by atoms with Crippen LogP contribution in [-0.2, 0) is 4.74 Å². The topological polar surface area (TPSA) is 81.3 Å². The Morgan fingerprint density at radius 1 is 1.32 bits per heavy atom. The van der Waals surface area contributed by atoms with Gasteiger partial charge in [0.15, 0.2) is 0 Å². The number of ether oxygens (including phenoxy) is 2. The number of nitrogens with one attached hydrogen (secondary N) is 1. The van der Waals surface area contributed by atoms with Gasteiger partial charge in [0, 0.05) is 11.2 Å². The number of carbonyl (C=O) groups is 1. The lowest BCUT2D eigenvalue weighted by molar-refractivity contribution is 0.0524. The number of carbonyl (C=O) groups excluding carboxylic acids is 1. The predicted octanol–water partition coefficient (Wildman–Crippen LogP) is 2.67. The molecule has 0 unspecified atom stereocenters. The Bertz CT molecular complexity index is 743. The van der Waals surface area contributed by atoms with Crippen LogP contribution < -0.4 is 10.3 Å². The van der Waals surface area contributed by atoms with E-state index in [1.165, 1.54) is 6.20 Å². The third kappa shape index (κ3) is 3.46. The molecule has 2 rings (SSSR count). The van der Waals surface area contributed by atoms with E-state index in [9.17, 15) is 9.59 Å². The maximum atomic E-state index is 12.0. The minimum absolute atomic E-state index is 0.148. The number of aromatic nitrogens is 2. The van der Waals surface area contributed by atoms with Crippen LogP contribution in [-0.4, -0.2) is 29.2 Å². The van der Waals surface area contributed by atoms with Crippen LogP contribution >= 0.6 is 11.6 Å². The van der Waals surface area contributed by atoms with E-state index in [-0.39, 0.29) is 18.0 Å². The highest BCUT2D eigenvalue weighted by atomic mass is 35.5. The van der Waals surface area contributed by atoms with Crippen LogP contribution in [0.3, 0.4) is 0 Å². The number of hydrogen-bond acceptors (Lipinski definition) is 5. The molecule has 1 aromatic carbocycles. The quantitative estimate of drug-likeness (QED) is 0.856. The van der Waals surface area contributed by atoms with Crippen LogP contribution in [0.1, 0.15) is 24.2 Å². The van der Waals surface area contributed by atoms with Crippen molar-refractivity contribution in [2.45, 2.75) is 13.8 Å². The van der Waals surface area contributed by atoms with E-state index in [0.717, 1.165) is 0 Å². The molecule has 0 aliphatic heterocycles. The Labute approximate surface area is 132 Å². The molecule has 1 N–H and O–H groups in total. The number of H-pyrrole nitrogens is 1. The molecular weight excluding hydrogens is 308 g/mol. The van der Waals surface area contributed by atoms with Gasteiger partial charge in [-0.2, -0.15) is 0 Å². The molecule has 1 aromatic heterocycles. The van der Waals surface area contributed by atoms with E-state index in [2.05, 4.69) is 9.97 Å². The number of halogens is 1. The zero-order valence-electron chi connectivity index (χ0n) is 12.2. The minimum Gasteiger partial charge on any atom is -0.493 e. The van der Waals surface area contributed by atoms with Crippen LogP contribution in [0.4, 0.5) is 0 Å². The van der Waals surface area contributed by atoms with E-state index in [1.54, 1.807) is 25.1 Å². The summed E-state index contributed by atoms with van der Waals surface area (Å²) in [4.78, 5) is 30.3. The van der Waals surface area contributed by atoms with Crippen molar-refractivity contribution in [3.05, 3.63) is 45.3 Å². The number of esters is 1. The molecule has 22 heavy (non-hydrogen) atoms. The summed E-state index contributed by atoms with van der Waals surface area (Å²) in [6.45, 7) is 4.15. The van der Waals surface area contributed by atoms with Crippen molar-refractivity contribution in [2.75, 3.05) is 13.2 Å². The summed E-state index contributed by atoms with van der Waals surface area (Å²) in [6, 6.07) is 5.01. The second-order valence-electron chi connectivity index (χ2n) is 4.27. The van der Waals surface area contributed by atoms with Crippen LogP contribution in [0.25, 0.3) is 11.4 Å². The van der Waals surface area contributed by atoms with E-state index >= 15 is 0 Å². The number of aromatic amines is 1. The molecule has 0 bridgehead atoms. The van der Waals surface area contributed by atoms with Gasteiger partial charge in [-0.1, -0.05) is 11.6 Å². The van der Waals surface area contributed by atoms with Crippen LogP contribution in [0.2, 0.25) is 5.02 Å². The summed E-state index contributed by atoms with van der Waals surface area (Å²) in [6.07, 6.45) is 1.18. The Morgan fingerprint density at radius 3 is 2.73 bits per heavy atom. The number of nitrogens with zero attached hydrogens (tertiary/aromatic N) is 1. The molecule has 116 valence electrons. The highest BCUT2D eigenvalue weighted by Gasteiger charge is 2.15. The first-order valence-corrected chi connectivity index (χ1v) is 7.13. The zero-order chi connectivity index (χ0) is 16.1. The van der Waals surface area contributed by atoms with Gasteiger partial charge < -0.3 is 14.5 Å². The van der Waals surface area contributed by atoms with Crippen molar-refractivity contribution in [2.24, 2.45) is 0 Å². The second kappa shape index (κ2) is 7.09. The molecule has 0 aliphatic rings. The van der Waals surface area contributed by atoms with Crippen LogP contribution in [0.15, 0.2) is 29.2 Å². The van der Waals surface area contributed by atoms with Gasteiger partial charge in [0.25, 0.3) is 5.56 Å². The van der Waals surface area contributed by atoms with E-state index < -0.39 is 11.5 Å². The molecule has 0 saturated heterocycles. The lowest BCUT2D eigenvalue weighted by atomic mass is 10.2. The van der Waals surface area contributed by atoms with E-state index in [4.69, 9.17) is 21.1 Å². The highest BCUT2D eigenvalue weighted by molar-refractivity contribution is 6.30. The number of rotatable bonds is 5. The third-order valence-electron chi connectivity index (χ3n) is 2.79. The summed E-state index contributed by atoms with van der Waals surface area (Å²) in [7, 11) is 0. The Morgan fingerprint density at radius 2 is 2.09 bits per heavy atom. The lowest BCUT2D eigenvalue weighted by Gasteiger charge is -2.10. The molecule has 0 saturated carbocycles. The molecule has 7 heteroatoms. The third-order valence-corrected chi connectivity index (χ3v) is 3.03. The van der Waals surface area contributed by atoms with Crippen molar-refractivity contribution in [1.82, 2.24) is 9.97 Å². The average molecular weight is 323 g/mol. The summed E-state index contributed by atoms with van der Waals surface area (Å²) in [5.41, 5.74) is -0.182. The SMILES string of the molecule is CCOC(=O)c1cnc(-c2cc(Cl)ccc2OCC)[nH]c1=O. The summed E-state index contributed by atoms with van der Waals surface area (Å²) in [5.74, 6) is 0.0989.